The average Bonchev–Trinajstić information content (AvgIpc) is 3.26. The van der Waals surface area contributed by atoms with Crippen molar-refractivity contribution >= 4 is 28.8 Å². The molecule has 1 aliphatic rings. The van der Waals surface area contributed by atoms with E-state index in [9.17, 15) is 9.59 Å². The van der Waals surface area contributed by atoms with Crippen LogP contribution in [0.1, 0.15) is 35.0 Å². The van der Waals surface area contributed by atoms with Crippen molar-refractivity contribution in [1.82, 2.24) is 4.90 Å². The molecular formula is C18H20N2O2S. The Labute approximate surface area is 140 Å². The minimum absolute atomic E-state index is 0.0426. The molecule has 1 N–H and O–H groups in total. The van der Waals surface area contributed by atoms with Gasteiger partial charge in [0.25, 0.3) is 5.91 Å². The second-order valence-corrected chi connectivity index (χ2v) is 6.62. The Morgan fingerprint density at radius 3 is 2.70 bits per heavy atom. The van der Waals surface area contributed by atoms with Crippen molar-refractivity contribution in [3.05, 3.63) is 52.2 Å². The summed E-state index contributed by atoms with van der Waals surface area (Å²) < 4.78 is 0. The molecule has 5 heteroatoms. The molecule has 1 unspecified atom stereocenters. The molecule has 4 nitrogen and oxygen atoms in total. The number of hydrogen-bond acceptors (Lipinski definition) is 3. The lowest BCUT2D eigenvalue weighted by Gasteiger charge is -2.23. The van der Waals surface area contributed by atoms with E-state index in [0.29, 0.717) is 11.4 Å². The number of rotatable bonds is 4. The SMILES string of the molecule is CCc1ccc(NC(=O)C2CCCN2C(=O)c2cccs2)cc1. The summed E-state index contributed by atoms with van der Waals surface area (Å²) in [5.41, 5.74) is 2.01. The van der Waals surface area contributed by atoms with Gasteiger partial charge in [-0.3, -0.25) is 9.59 Å². The number of anilines is 1. The van der Waals surface area contributed by atoms with Crippen molar-refractivity contribution in [2.75, 3.05) is 11.9 Å². The summed E-state index contributed by atoms with van der Waals surface area (Å²) in [4.78, 5) is 27.5. The molecule has 0 spiro atoms. The van der Waals surface area contributed by atoms with Crippen molar-refractivity contribution in [2.45, 2.75) is 32.2 Å². The van der Waals surface area contributed by atoms with Gasteiger partial charge in [-0.15, -0.1) is 11.3 Å². The fraction of sp³-hybridized carbons (Fsp3) is 0.333. The third-order valence-corrected chi connectivity index (χ3v) is 5.04. The molecule has 23 heavy (non-hydrogen) atoms. The number of carbonyl (C=O) groups is 2. The zero-order chi connectivity index (χ0) is 16.2. The van der Waals surface area contributed by atoms with E-state index in [1.165, 1.54) is 16.9 Å². The molecular weight excluding hydrogens is 308 g/mol. The van der Waals surface area contributed by atoms with Gasteiger partial charge in [0.1, 0.15) is 6.04 Å². The number of benzene rings is 1. The summed E-state index contributed by atoms with van der Waals surface area (Å²) >= 11 is 1.42. The Morgan fingerprint density at radius 2 is 2.04 bits per heavy atom. The monoisotopic (exact) mass is 328 g/mol. The van der Waals surface area contributed by atoms with Crippen LogP contribution in [0, 0.1) is 0 Å². The van der Waals surface area contributed by atoms with Crippen LogP contribution in [0.15, 0.2) is 41.8 Å². The highest BCUT2D eigenvalue weighted by molar-refractivity contribution is 7.12. The van der Waals surface area contributed by atoms with Crippen molar-refractivity contribution in [3.8, 4) is 0 Å². The van der Waals surface area contributed by atoms with Gasteiger partial charge in [-0.05, 0) is 48.4 Å². The van der Waals surface area contributed by atoms with Crippen LogP contribution in [0.2, 0.25) is 0 Å². The number of carbonyl (C=O) groups excluding carboxylic acids is 2. The van der Waals surface area contributed by atoms with E-state index in [4.69, 9.17) is 0 Å². The number of likely N-dealkylation sites (tertiary alicyclic amines) is 1. The normalized spacial score (nSPS) is 17.3. The van der Waals surface area contributed by atoms with Gasteiger partial charge in [0.05, 0.1) is 4.88 Å². The highest BCUT2D eigenvalue weighted by Gasteiger charge is 2.34. The summed E-state index contributed by atoms with van der Waals surface area (Å²) in [5.74, 6) is -0.143. The van der Waals surface area contributed by atoms with Gasteiger partial charge in [-0.1, -0.05) is 25.1 Å². The Balaban J connectivity index is 1.69. The predicted molar refractivity (Wildman–Crippen MR) is 92.8 cm³/mol. The number of amides is 2. The largest absolute Gasteiger partial charge is 0.326 e. The minimum atomic E-state index is -0.379. The third-order valence-electron chi connectivity index (χ3n) is 4.18. The van der Waals surface area contributed by atoms with Gasteiger partial charge < -0.3 is 10.2 Å². The third kappa shape index (κ3) is 3.45. The van der Waals surface area contributed by atoms with Crippen LogP contribution in [0.5, 0.6) is 0 Å². The first-order valence-corrected chi connectivity index (χ1v) is 8.81. The second kappa shape index (κ2) is 6.96. The molecule has 3 rings (SSSR count). The molecule has 2 heterocycles. The maximum absolute atomic E-state index is 12.6. The molecule has 2 amide bonds. The van der Waals surface area contributed by atoms with Crippen molar-refractivity contribution in [1.29, 1.82) is 0 Å². The molecule has 120 valence electrons. The number of thiophene rings is 1. The number of hydrogen-bond donors (Lipinski definition) is 1. The van der Waals surface area contributed by atoms with E-state index in [2.05, 4.69) is 12.2 Å². The molecule has 2 aromatic rings. The molecule has 0 radical (unpaired) electrons. The van der Waals surface area contributed by atoms with E-state index in [-0.39, 0.29) is 17.9 Å². The highest BCUT2D eigenvalue weighted by Crippen LogP contribution is 2.23. The molecule has 0 aliphatic carbocycles. The molecule has 1 fully saturated rings. The highest BCUT2D eigenvalue weighted by atomic mass is 32.1. The van der Waals surface area contributed by atoms with E-state index in [0.717, 1.165) is 24.9 Å². The Hall–Kier alpha value is -2.14. The first kappa shape index (κ1) is 15.7. The quantitative estimate of drug-likeness (QED) is 0.933. The molecule has 1 aliphatic heterocycles. The molecule has 0 saturated carbocycles. The second-order valence-electron chi connectivity index (χ2n) is 5.67. The molecule has 1 saturated heterocycles. The zero-order valence-corrected chi connectivity index (χ0v) is 13.9. The number of aryl methyl sites for hydroxylation is 1. The fourth-order valence-electron chi connectivity index (χ4n) is 2.87. The van der Waals surface area contributed by atoms with Gasteiger partial charge >= 0.3 is 0 Å². The Kier molecular flexibility index (Phi) is 4.76. The Morgan fingerprint density at radius 1 is 1.26 bits per heavy atom. The molecule has 1 aromatic heterocycles. The van der Waals surface area contributed by atoms with Crippen molar-refractivity contribution in [2.24, 2.45) is 0 Å². The molecule has 1 aromatic carbocycles. The van der Waals surface area contributed by atoms with Gasteiger partial charge in [0, 0.05) is 12.2 Å². The van der Waals surface area contributed by atoms with Crippen LogP contribution in [0.4, 0.5) is 5.69 Å². The number of nitrogens with zero attached hydrogens (tertiary/aromatic N) is 1. The summed E-state index contributed by atoms with van der Waals surface area (Å²) in [6, 6.07) is 11.1. The van der Waals surface area contributed by atoms with Crippen LogP contribution >= 0.6 is 11.3 Å². The van der Waals surface area contributed by atoms with Gasteiger partial charge in [0.15, 0.2) is 0 Å². The predicted octanol–water partition coefficient (Wildman–Crippen LogP) is 3.55. The number of nitrogens with one attached hydrogen (secondary N) is 1. The lowest BCUT2D eigenvalue weighted by Crippen LogP contribution is -2.42. The summed E-state index contributed by atoms with van der Waals surface area (Å²) in [7, 11) is 0. The van der Waals surface area contributed by atoms with E-state index in [1.807, 2.05) is 41.8 Å². The van der Waals surface area contributed by atoms with E-state index in [1.54, 1.807) is 4.90 Å². The topological polar surface area (TPSA) is 49.4 Å². The molecule has 1 atom stereocenters. The van der Waals surface area contributed by atoms with Crippen LogP contribution in [0.25, 0.3) is 0 Å². The van der Waals surface area contributed by atoms with Crippen LogP contribution in [-0.4, -0.2) is 29.3 Å². The maximum atomic E-state index is 12.6. The van der Waals surface area contributed by atoms with Crippen LogP contribution in [0.3, 0.4) is 0 Å². The van der Waals surface area contributed by atoms with Gasteiger partial charge in [-0.25, -0.2) is 0 Å². The molecule has 0 bridgehead atoms. The van der Waals surface area contributed by atoms with Crippen molar-refractivity contribution < 1.29 is 9.59 Å². The van der Waals surface area contributed by atoms with E-state index < -0.39 is 0 Å². The van der Waals surface area contributed by atoms with Gasteiger partial charge in [0.2, 0.25) is 5.91 Å². The average molecular weight is 328 g/mol. The van der Waals surface area contributed by atoms with Crippen molar-refractivity contribution in [3.63, 3.8) is 0 Å². The summed E-state index contributed by atoms with van der Waals surface area (Å²) in [6.07, 6.45) is 2.56. The lowest BCUT2D eigenvalue weighted by atomic mass is 10.1. The Bertz CT molecular complexity index is 680. The lowest BCUT2D eigenvalue weighted by molar-refractivity contribution is -0.119. The smallest absolute Gasteiger partial charge is 0.264 e. The summed E-state index contributed by atoms with van der Waals surface area (Å²) in [6.45, 7) is 2.74. The zero-order valence-electron chi connectivity index (χ0n) is 13.1. The summed E-state index contributed by atoms with van der Waals surface area (Å²) in [5, 5.41) is 4.82. The van der Waals surface area contributed by atoms with Crippen LogP contribution < -0.4 is 5.32 Å². The maximum Gasteiger partial charge on any atom is 0.264 e. The standard InChI is InChI=1S/C18H20N2O2S/c1-2-13-7-9-14(10-8-13)19-17(21)15-5-3-11-20(15)18(22)16-6-4-12-23-16/h4,6-10,12,15H,2-3,5,11H2,1H3,(H,19,21). The first-order valence-electron chi connectivity index (χ1n) is 7.93. The van der Waals surface area contributed by atoms with E-state index >= 15 is 0 Å². The first-order chi connectivity index (χ1) is 11.2. The van der Waals surface area contributed by atoms with Gasteiger partial charge in [-0.2, -0.15) is 0 Å². The minimum Gasteiger partial charge on any atom is -0.326 e. The fourth-order valence-corrected chi connectivity index (χ4v) is 3.55. The van der Waals surface area contributed by atoms with Crippen LogP contribution in [-0.2, 0) is 11.2 Å².